The molecule has 0 aliphatic carbocycles. The zero-order chi connectivity index (χ0) is 12.4. The molecular weight excluding hydrogens is 245 g/mol. The molecule has 92 valence electrons. The Bertz CT molecular complexity index is 418. The average Bonchev–Trinajstić information content (AvgIpc) is 2.28. The van der Waals surface area contributed by atoms with Crippen LogP contribution >= 0.6 is 11.6 Å². The van der Waals surface area contributed by atoms with E-state index in [2.05, 4.69) is 0 Å². The van der Waals surface area contributed by atoms with Gasteiger partial charge in [0, 0.05) is 13.1 Å². The molecule has 3 nitrogen and oxygen atoms in total. The van der Waals surface area contributed by atoms with Gasteiger partial charge in [0.05, 0.1) is 16.7 Å². The number of piperidine rings is 1. The van der Waals surface area contributed by atoms with E-state index in [1.54, 1.807) is 0 Å². The molecule has 5 heteroatoms. The normalized spacial score (nSPS) is 20.4. The first kappa shape index (κ1) is 12.3. The number of likely N-dealkylation sites (tertiary alicyclic amines) is 1. The maximum absolute atomic E-state index is 13.6. The van der Waals surface area contributed by atoms with Gasteiger partial charge in [0.25, 0.3) is 5.91 Å². The molecule has 17 heavy (non-hydrogen) atoms. The molecule has 1 fully saturated rings. The molecule has 1 aromatic rings. The van der Waals surface area contributed by atoms with Crippen molar-refractivity contribution in [3.8, 4) is 0 Å². The van der Waals surface area contributed by atoms with E-state index in [9.17, 15) is 14.3 Å². The summed E-state index contributed by atoms with van der Waals surface area (Å²) < 4.78 is 13.6. The smallest absolute Gasteiger partial charge is 0.258 e. The SMILES string of the molecule is O=C(c1c(F)cccc1Cl)N1CCCC(O)C1. The van der Waals surface area contributed by atoms with Gasteiger partial charge in [0.15, 0.2) is 0 Å². The number of β-amino-alcohol motifs (C(OH)–C–C–N with tert-alkyl or cyclic N) is 1. The summed E-state index contributed by atoms with van der Waals surface area (Å²) in [6, 6.07) is 4.15. The molecule has 1 heterocycles. The maximum Gasteiger partial charge on any atom is 0.258 e. The van der Waals surface area contributed by atoms with Gasteiger partial charge in [-0.05, 0) is 25.0 Å². The summed E-state index contributed by atoms with van der Waals surface area (Å²) >= 11 is 5.83. The van der Waals surface area contributed by atoms with Crippen molar-refractivity contribution in [2.24, 2.45) is 0 Å². The molecule has 0 spiro atoms. The van der Waals surface area contributed by atoms with Crippen LogP contribution < -0.4 is 0 Å². The highest BCUT2D eigenvalue weighted by Gasteiger charge is 2.26. The average molecular weight is 258 g/mol. The predicted octanol–water partition coefficient (Wildman–Crippen LogP) is 2.08. The van der Waals surface area contributed by atoms with Crippen LogP contribution in [0.15, 0.2) is 18.2 Å². The first-order valence-corrected chi connectivity index (χ1v) is 5.88. The van der Waals surface area contributed by atoms with Crippen LogP contribution in [0.2, 0.25) is 5.02 Å². The zero-order valence-corrected chi connectivity index (χ0v) is 9.95. The quantitative estimate of drug-likeness (QED) is 0.837. The number of amides is 1. The fourth-order valence-corrected chi connectivity index (χ4v) is 2.24. The van der Waals surface area contributed by atoms with E-state index < -0.39 is 17.8 Å². The molecule has 0 bridgehead atoms. The fraction of sp³-hybridized carbons (Fsp3) is 0.417. The highest BCUT2D eigenvalue weighted by molar-refractivity contribution is 6.33. The van der Waals surface area contributed by atoms with Gasteiger partial charge in [0.2, 0.25) is 0 Å². The Morgan fingerprint density at radius 1 is 1.53 bits per heavy atom. The van der Waals surface area contributed by atoms with Crippen molar-refractivity contribution in [1.29, 1.82) is 0 Å². The number of carbonyl (C=O) groups is 1. The Morgan fingerprint density at radius 3 is 2.94 bits per heavy atom. The molecule has 1 aliphatic heterocycles. The van der Waals surface area contributed by atoms with Crippen molar-refractivity contribution in [1.82, 2.24) is 4.90 Å². The second-order valence-electron chi connectivity index (χ2n) is 4.14. The van der Waals surface area contributed by atoms with Gasteiger partial charge in [-0.15, -0.1) is 0 Å². The number of halogens is 2. The van der Waals surface area contributed by atoms with Crippen LogP contribution in [0.5, 0.6) is 0 Å². The van der Waals surface area contributed by atoms with E-state index >= 15 is 0 Å². The minimum Gasteiger partial charge on any atom is -0.391 e. The number of benzene rings is 1. The molecular formula is C12H13ClFNO2. The number of rotatable bonds is 1. The van der Waals surface area contributed by atoms with Gasteiger partial charge in [-0.3, -0.25) is 4.79 Å². The van der Waals surface area contributed by atoms with Gasteiger partial charge in [-0.2, -0.15) is 0 Å². The van der Waals surface area contributed by atoms with Gasteiger partial charge >= 0.3 is 0 Å². The van der Waals surface area contributed by atoms with E-state index in [1.165, 1.54) is 23.1 Å². The summed E-state index contributed by atoms with van der Waals surface area (Å²) in [4.78, 5) is 13.5. The van der Waals surface area contributed by atoms with E-state index in [0.717, 1.165) is 6.42 Å². The van der Waals surface area contributed by atoms with Crippen LogP contribution in [0.25, 0.3) is 0 Å². The summed E-state index contributed by atoms with van der Waals surface area (Å²) in [5.41, 5.74) is -0.108. The van der Waals surface area contributed by atoms with Gasteiger partial charge in [-0.25, -0.2) is 4.39 Å². The Balaban J connectivity index is 2.24. The highest BCUT2D eigenvalue weighted by Crippen LogP contribution is 2.22. The number of aliphatic hydroxyl groups is 1. The topological polar surface area (TPSA) is 40.5 Å². The van der Waals surface area contributed by atoms with Crippen LogP contribution in [0.4, 0.5) is 4.39 Å². The lowest BCUT2D eigenvalue weighted by Gasteiger charge is -2.30. The van der Waals surface area contributed by atoms with Crippen LogP contribution in [-0.4, -0.2) is 35.1 Å². The first-order valence-electron chi connectivity index (χ1n) is 5.51. The van der Waals surface area contributed by atoms with Gasteiger partial charge in [0.1, 0.15) is 5.82 Å². The van der Waals surface area contributed by atoms with Crippen molar-refractivity contribution < 1.29 is 14.3 Å². The Morgan fingerprint density at radius 2 is 2.29 bits per heavy atom. The Hall–Kier alpha value is -1.13. The van der Waals surface area contributed by atoms with Crippen molar-refractivity contribution in [3.63, 3.8) is 0 Å². The maximum atomic E-state index is 13.6. The lowest BCUT2D eigenvalue weighted by Crippen LogP contribution is -2.42. The van der Waals surface area contributed by atoms with E-state index in [-0.39, 0.29) is 17.1 Å². The van der Waals surface area contributed by atoms with Crippen LogP contribution in [0.3, 0.4) is 0 Å². The van der Waals surface area contributed by atoms with Crippen LogP contribution in [0.1, 0.15) is 23.2 Å². The summed E-state index contributed by atoms with van der Waals surface area (Å²) in [6.45, 7) is 0.768. The number of aliphatic hydroxyl groups excluding tert-OH is 1. The van der Waals surface area contributed by atoms with E-state index in [1.807, 2.05) is 0 Å². The molecule has 0 radical (unpaired) electrons. The summed E-state index contributed by atoms with van der Waals surface area (Å²) in [5.74, 6) is -1.07. The van der Waals surface area contributed by atoms with Crippen molar-refractivity contribution in [2.45, 2.75) is 18.9 Å². The molecule has 2 rings (SSSR count). The lowest BCUT2D eigenvalue weighted by molar-refractivity contribution is 0.0470. The highest BCUT2D eigenvalue weighted by atomic mass is 35.5. The molecule has 1 amide bonds. The Kier molecular flexibility index (Phi) is 3.64. The molecule has 1 atom stereocenters. The van der Waals surface area contributed by atoms with Crippen LogP contribution in [-0.2, 0) is 0 Å². The van der Waals surface area contributed by atoms with E-state index in [0.29, 0.717) is 13.0 Å². The molecule has 1 aliphatic rings. The number of carbonyl (C=O) groups excluding carboxylic acids is 1. The molecule has 0 saturated carbocycles. The number of nitrogens with zero attached hydrogens (tertiary/aromatic N) is 1. The van der Waals surface area contributed by atoms with Crippen LogP contribution in [0, 0.1) is 5.82 Å². The third-order valence-electron chi connectivity index (χ3n) is 2.86. The largest absolute Gasteiger partial charge is 0.391 e. The monoisotopic (exact) mass is 257 g/mol. The van der Waals surface area contributed by atoms with E-state index in [4.69, 9.17) is 11.6 Å². The predicted molar refractivity (Wildman–Crippen MR) is 62.6 cm³/mol. The third kappa shape index (κ3) is 2.58. The number of hydrogen-bond donors (Lipinski definition) is 1. The first-order chi connectivity index (χ1) is 8.09. The zero-order valence-electron chi connectivity index (χ0n) is 9.20. The second-order valence-corrected chi connectivity index (χ2v) is 4.55. The molecule has 1 saturated heterocycles. The minimum absolute atomic E-state index is 0.107. The second kappa shape index (κ2) is 5.02. The van der Waals surface area contributed by atoms with Gasteiger partial charge in [-0.1, -0.05) is 17.7 Å². The van der Waals surface area contributed by atoms with Crippen molar-refractivity contribution in [2.75, 3.05) is 13.1 Å². The Labute approximate surface area is 104 Å². The molecule has 1 N–H and O–H groups in total. The third-order valence-corrected chi connectivity index (χ3v) is 3.18. The van der Waals surface area contributed by atoms with Crippen molar-refractivity contribution in [3.05, 3.63) is 34.6 Å². The van der Waals surface area contributed by atoms with Crippen molar-refractivity contribution >= 4 is 17.5 Å². The molecule has 1 unspecified atom stereocenters. The summed E-state index contributed by atoms with van der Waals surface area (Å²) in [7, 11) is 0. The molecule has 0 aromatic heterocycles. The lowest BCUT2D eigenvalue weighted by atomic mass is 10.1. The summed E-state index contributed by atoms with van der Waals surface area (Å²) in [6.07, 6.45) is 0.867. The number of hydrogen-bond acceptors (Lipinski definition) is 2. The van der Waals surface area contributed by atoms with Gasteiger partial charge < -0.3 is 10.0 Å². The fourth-order valence-electron chi connectivity index (χ4n) is 2.00. The standard InChI is InChI=1S/C12H13ClFNO2/c13-9-4-1-5-10(14)11(9)12(17)15-6-2-3-8(16)7-15/h1,4-5,8,16H,2-3,6-7H2. The summed E-state index contributed by atoms with van der Waals surface area (Å²) in [5, 5.41) is 9.60. The molecule has 1 aromatic carbocycles. The minimum atomic E-state index is -0.623.